The van der Waals surface area contributed by atoms with E-state index >= 15 is 0 Å². The first-order chi connectivity index (χ1) is 7.31. The first-order valence-electron chi connectivity index (χ1n) is 5.59. The van der Waals surface area contributed by atoms with Crippen molar-refractivity contribution in [3.05, 3.63) is 15.6 Å². The minimum atomic E-state index is 0.224. The molecule has 2 heterocycles. The Morgan fingerprint density at radius 3 is 3.13 bits per heavy atom. The highest BCUT2D eigenvalue weighted by atomic mass is 32.1. The average molecular weight is 226 g/mol. The van der Waals surface area contributed by atoms with Crippen molar-refractivity contribution in [1.82, 2.24) is 10.3 Å². The zero-order chi connectivity index (χ0) is 10.7. The van der Waals surface area contributed by atoms with Crippen LogP contribution in [-0.2, 0) is 11.2 Å². The van der Waals surface area contributed by atoms with Crippen molar-refractivity contribution in [2.45, 2.75) is 32.8 Å². The molecule has 4 heteroatoms. The van der Waals surface area contributed by atoms with Crippen molar-refractivity contribution in [3.8, 4) is 0 Å². The van der Waals surface area contributed by atoms with E-state index in [0.29, 0.717) is 0 Å². The summed E-state index contributed by atoms with van der Waals surface area (Å²) < 4.78 is 5.74. The summed E-state index contributed by atoms with van der Waals surface area (Å²) in [6.07, 6.45) is 2.48. The summed E-state index contributed by atoms with van der Waals surface area (Å²) in [7, 11) is 0. The predicted molar refractivity (Wildman–Crippen MR) is 62.4 cm³/mol. The maximum Gasteiger partial charge on any atom is 0.106 e. The lowest BCUT2D eigenvalue weighted by atomic mass is 10.2. The number of aryl methyl sites for hydroxylation is 2. The van der Waals surface area contributed by atoms with Gasteiger partial charge in [-0.2, -0.15) is 0 Å². The molecule has 1 unspecified atom stereocenters. The fourth-order valence-electron chi connectivity index (χ4n) is 1.82. The van der Waals surface area contributed by atoms with Crippen LogP contribution in [0.5, 0.6) is 0 Å². The summed E-state index contributed by atoms with van der Waals surface area (Å²) in [5.74, 6) is 0. The van der Waals surface area contributed by atoms with Crippen LogP contribution in [-0.4, -0.2) is 24.7 Å². The van der Waals surface area contributed by atoms with Gasteiger partial charge in [-0.1, -0.05) is 6.92 Å². The second-order valence-corrected chi connectivity index (χ2v) is 4.99. The van der Waals surface area contributed by atoms with Crippen molar-refractivity contribution >= 4 is 11.3 Å². The Morgan fingerprint density at radius 2 is 2.47 bits per heavy atom. The molecular weight excluding hydrogens is 208 g/mol. The van der Waals surface area contributed by atoms with Gasteiger partial charge < -0.3 is 10.1 Å². The second kappa shape index (κ2) is 5.05. The third kappa shape index (κ3) is 2.56. The van der Waals surface area contributed by atoms with E-state index in [-0.39, 0.29) is 6.10 Å². The Kier molecular flexibility index (Phi) is 3.72. The number of nitrogens with one attached hydrogen (secondary N) is 1. The van der Waals surface area contributed by atoms with Crippen LogP contribution in [0.15, 0.2) is 0 Å². The van der Waals surface area contributed by atoms with Gasteiger partial charge in [0, 0.05) is 13.1 Å². The second-order valence-electron chi connectivity index (χ2n) is 3.87. The molecule has 2 rings (SSSR count). The van der Waals surface area contributed by atoms with E-state index in [9.17, 15) is 0 Å². The van der Waals surface area contributed by atoms with Crippen LogP contribution in [0, 0.1) is 6.92 Å². The van der Waals surface area contributed by atoms with Crippen LogP contribution in [0.2, 0.25) is 0 Å². The molecule has 0 saturated carbocycles. The van der Waals surface area contributed by atoms with E-state index in [4.69, 9.17) is 4.74 Å². The van der Waals surface area contributed by atoms with Crippen molar-refractivity contribution in [2.75, 3.05) is 19.7 Å². The Labute approximate surface area is 94.9 Å². The van der Waals surface area contributed by atoms with Gasteiger partial charge in [0.15, 0.2) is 0 Å². The molecule has 15 heavy (non-hydrogen) atoms. The van der Waals surface area contributed by atoms with Gasteiger partial charge in [0.05, 0.1) is 22.2 Å². The number of morpholine rings is 1. The molecule has 84 valence electrons. The van der Waals surface area contributed by atoms with Gasteiger partial charge in [0.2, 0.25) is 0 Å². The fraction of sp³-hybridized carbons (Fsp3) is 0.727. The molecule has 1 atom stereocenters. The monoisotopic (exact) mass is 226 g/mol. The standard InChI is InChI=1S/C11H18N2OS/c1-3-4-10-13-8(2)11(15-10)9-7-12-5-6-14-9/h9,12H,3-7H2,1-2H3. The van der Waals surface area contributed by atoms with Crippen molar-refractivity contribution in [3.63, 3.8) is 0 Å². The highest BCUT2D eigenvalue weighted by molar-refractivity contribution is 7.11. The summed E-state index contributed by atoms with van der Waals surface area (Å²) >= 11 is 1.81. The van der Waals surface area contributed by atoms with E-state index in [2.05, 4.69) is 24.1 Å². The number of aromatic nitrogens is 1. The van der Waals surface area contributed by atoms with E-state index in [1.165, 1.54) is 9.88 Å². The smallest absolute Gasteiger partial charge is 0.106 e. The largest absolute Gasteiger partial charge is 0.370 e. The molecule has 0 aromatic carbocycles. The molecule has 0 aliphatic carbocycles. The SMILES string of the molecule is CCCc1nc(C)c(C2CNCCO2)s1. The topological polar surface area (TPSA) is 34.2 Å². The van der Waals surface area contributed by atoms with Gasteiger partial charge in [0.1, 0.15) is 6.10 Å². The average Bonchev–Trinajstić information content (AvgIpc) is 2.61. The molecule has 0 spiro atoms. The maximum atomic E-state index is 5.74. The van der Waals surface area contributed by atoms with Crippen LogP contribution < -0.4 is 5.32 Å². The van der Waals surface area contributed by atoms with Crippen molar-refractivity contribution in [1.29, 1.82) is 0 Å². The first kappa shape index (κ1) is 11.0. The van der Waals surface area contributed by atoms with Gasteiger partial charge in [-0.05, 0) is 19.8 Å². The summed E-state index contributed by atoms with van der Waals surface area (Å²) in [4.78, 5) is 5.90. The Hall–Kier alpha value is -0.450. The van der Waals surface area contributed by atoms with E-state index in [1.54, 1.807) is 0 Å². The van der Waals surface area contributed by atoms with Crippen molar-refractivity contribution in [2.24, 2.45) is 0 Å². The van der Waals surface area contributed by atoms with Gasteiger partial charge >= 0.3 is 0 Å². The van der Waals surface area contributed by atoms with Gasteiger partial charge in [-0.25, -0.2) is 4.98 Å². The van der Waals surface area contributed by atoms with Crippen LogP contribution >= 0.6 is 11.3 Å². The van der Waals surface area contributed by atoms with Crippen LogP contribution in [0.4, 0.5) is 0 Å². The Bertz CT molecular complexity index is 318. The minimum Gasteiger partial charge on any atom is -0.370 e. The molecule has 1 aliphatic heterocycles. The molecule has 3 nitrogen and oxygen atoms in total. The summed E-state index contributed by atoms with van der Waals surface area (Å²) in [5.41, 5.74) is 1.15. The first-order valence-corrected chi connectivity index (χ1v) is 6.41. The van der Waals surface area contributed by atoms with Gasteiger partial charge in [-0.15, -0.1) is 11.3 Å². The molecule has 1 aromatic heterocycles. The number of rotatable bonds is 3. The molecule has 0 radical (unpaired) electrons. The normalized spacial score (nSPS) is 21.9. The van der Waals surface area contributed by atoms with Crippen molar-refractivity contribution < 1.29 is 4.74 Å². The predicted octanol–water partition coefficient (Wildman–Crippen LogP) is 2.06. The summed E-state index contributed by atoms with van der Waals surface area (Å²) in [6.45, 7) is 6.98. The molecular formula is C11H18N2OS. The molecule has 1 fully saturated rings. The van der Waals surface area contributed by atoms with E-state index < -0.39 is 0 Å². The fourth-order valence-corrected chi connectivity index (χ4v) is 3.04. The Balaban J connectivity index is 2.11. The quantitative estimate of drug-likeness (QED) is 0.856. The van der Waals surface area contributed by atoms with Gasteiger partial charge in [0.25, 0.3) is 0 Å². The maximum absolute atomic E-state index is 5.74. The van der Waals surface area contributed by atoms with Gasteiger partial charge in [-0.3, -0.25) is 0 Å². The zero-order valence-corrected chi connectivity index (χ0v) is 10.2. The molecule has 1 aromatic rings. The molecule has 1 N–H and O–H groups in total. The third-order valence-corrected chi connectivity index (χ3v) is 3.87. The lowest BCUT2D eigenvalue weighted by Crippen LogP contribution is -2.33. The molecule has 1 saturated heterocycles. The van der Waals surface area contributed by atoms with Crippen LogP contribution in [0.1, 0.15) is 35.0 Å². The van der Waals surface area contributed by atoms with E-state index in [0.717, 1.165) is 38.2 Å². The summed E-state index contributed by atoms with van der Waals surface area (Å²) in [6, 6.07) is 0. The lowest BCUT2D eigenvalue weighted by Gasteiger charge is -2.22. The number of nitrogens with zero attached hydrogens (tertiary/aromatic N) is 1. The van der Waals surface area contributed by atoms with Crippen LogP contribution in [0.25, 0.3) is 0 Å². The zero-order valence-electron chi connectivity index (χ0n) is 9.38. The third-order valence-electron chi connectivity index (χ3n) is 2.56. The van der Waals surface area contributed by atoms with Crippen LogP contribution in [0.3, 0.4) is 0 Å². The highest BCUT2D eigenvalue weighted by Crippen LogP contribution is 2.28. The van der Waals surface area contributed by atoms with E-state index in [1.807, 2.05) is 11.3 Å². The number of hydrogen-bond acceptors (Lipinski definition) is 4. The molecule has 1 aliphatic rings. The highest BCUT2D eigenvalue weighted by Gasteiger charge is 2.20. The molecule has 0 amide bonds. The Morgan fingerprint density at radius 1 is 1.60 bits per heavy atom. The minimum absolute atomic E-state index is 0.224. The number of thiazole rings is 1. The summed E-state index contributed by atoms with van der Waals surface area (Å²) in [5, 5.41) is 4.60. The molecule has 0 bridgehead atoms. The lowest BCUT2D eigenvalue weighted by molar-refractivity contribution is 0.0295. The number of hydrogen-bond donors (Lipinski definition) is 1. The number of ether oxygens (including phenoxy) is 1.